The van der Waals surface area contributed by atoms with Gasteiger partial charge in [-0.05, 0) is 51.2 Å². The Morgan fingerprint density at radius 3 is 2.59 bits per heavy atom. The highest BCUT2D eigenvalue weighted by molar-refractivity contribution is 6.71. The molecule has 2 rings (SSSR count). The van der Waals surface area contributed by atoms with Crippen LogP contribution in [0.4, 0.5) is 0 Å². The van der Waals surface area contributed by atoms with Crippen molar-refractivity contribution < 1.29 is 28.5 Å². The summed E-state index contributed by atoms with van der Waals surface area (Å²) in [6.45, 7) is 16.0. The van der Waals surface area contributed by atoms with Crippen molar-refractivity contribution in [2.24, 2.45) is 17.8 Å². The molecule has 0 spiro atoms. The second-order valence-electron chi connectivity index (χ2n) is 10.2. The summed E-state index contributed by atoms with van der Waals surface area (Å²) in [5, 5.41) is 9.61. The van der Waals surface area contributed by atoms with Gasteiger partial charge in [-0.3, -0.25) is 0 Å². The lowest BCUT2D eigenvalue weighted by Crippen LogP contribution is -2.39. The number of rotatable bonds is 13. The van der Waals surface area contributed by atoms with Crippen molar-refractivity contribution in [3.05, 3.63) is 24.8 Å². The van der Waals surface area contributed by atoms with E-state index in [9.17, 15) is 9.90 Å². The van der Waals surface area contributed by atoms with E-state index in [0.29, 0.717) is 18.9 Å². The van der Waals surface area contributed by atoms with E-state index in [4.69, 9.17) is 18.6 Å². The van der Waals surface area contributed by atoms with Gasteiger partial charge in [-0.25, -0.2) is 4.79 Å². The first kappa shape index (κ1) is 27.3. The smallest absolute Gasteiger partial charge is 0.333 e. The number of hydrogen-bond acceptors (Lipinski definition) is 5. The molecular formula is C25H44O6Si. The third-order valence-electron chi connectivity index (χ3n) is 6.31. The SMILES string of the molecule is C=CCC(O[C@H]1C[C@@H](OC2CCCCO2)[C@H](CO[Si](C)(C)CC(C)C)[C@H]1C=CC)C(=O)O. The second-order valence-corrected chi connectivity index (χ2v) is 14.4. The number of allylic oxidation sites excluding steroid dienone is 1. The molecule has 2 fully saturated rings. The lowest BCUT2D eigenvalue weighted by atomic mass is 9.93. The molecule has 1 aliphatic carbocycles. The zero-order valence-corrected chi connectivity index (χ0v) is 21.6. The monoisotopic (exact) mass is 468 g/mol. The van der Waals surface area contributed by atoms with Crippen molar-refractivity contribution in [1.82, 2.24) is 0 Å². The minimum atomic E-state index is -1.81. The van der Waals surface area contributed by atoms with Crippen molar-refractivity contribution in [2.45, 2.75) is 96.6 Å². The van der Waals surface area contributed by atoms with Crippen LogP contribution in [0.3, 0.4) is 0 Å². The zero-order chi connectivity index (χ0) is 23.7. The Kier molecular flexibility index (Phi) is 11.1. The van der Waals surface area contributed by atoms with Crippen LogP contribution in [0.25, 0.3) is 0 Å². The summed E-state index contributed by atoms with van der Waals surface area (Å²) < 4.78 is 25.0. The average Bonchev–Trinajstić information content (AvgIpc) is 3.02. The van der Waals surface area contributed by atoms with Gasteiger partial charge in [-0.1, -0.05) is 32.1 Å². The molecule has 6 atom stereocenters. The number of carbonyl (C=O) groups is 1. The first-order valence-electron chi connectivity index (χ1n) is 12.2. The maximum Gasteiger partial charge on any atom is 0.333 e. The van der Waals surface area contributed by atoms with E-state index in [0.717, 1.165) is 31.9 Å². The van der Waals surface area contributed by atoms with E-state index < -0.39 is 20.4 Å². The minimum Gasteiger partial charge on any atom is -0.479 e. The van der Waals surface area contributed by atoms with Gasteiger partial charge in [0.2, 0.25) is 0 Å². The summed E-state index contributed by atoms with van der Waals surface area (Å²) in [7, 11) is -1.81. The Morgan fingerprint density at radius 1 is 1.28 bits per heavy atom. The van der Waals surface area contributed by atoms with Crippen LogP contribution in [-0.4, -0.2) is 57.2 Å². The van der Waals surface area contributed by atoms with Crippen molar-refractivity contribution in [2.75, 3.05) is 13.2 Å². The standard InChI is InChI=1S/C25H44O6Si/c1-7-11-19-20(16-29-32(5,6)17-18(3)4)23(31-24-13-9-10-14-28-24)15-22(19)30-21(12-8-2)25(26)27/h7-8,11,18-24H,2,9-10,12-17H2,1,3-6H3,(H,26,27)/t19-,20-,21?,22+,23-,24?/m1/s1. The molecule has 1 saturated carbocycles. The van der Waals surface area contributed by atoms with E-state index in [1.807, 2.05) is 13.0 Å². The molecule has 1 heterocycles. The van der Waals surface area contributed by atoms with Gasteiger partial charge in [0.15, 0.2) is 20.7 Å². The van der Waals surface area contributed by atoms with E-state index >= 15 is 0 Å². The maximum atomic E-state index is 11.7. The summed E-state index contributed by atoms with van der Waals surface area (Å²) in [5.74, 6) is -0.231. The normalized spacial score (nSPS) is 30.1. The molecule has 6 nitrogen and oxygen atoms in total. The highest BCUT2D eigenvalue weighted by atomic mass is 28.4. The Labute approximate surface area is 195 Å². The first-order valence-corrected chi connectivity index (χ1v) is 15.3. The molecule has 2 aliphatic rings. The molecule has 0 radical (unpaired) electrons. The lowest BCUT2D eigenvalue weighted by molar-refractivity contribution is -0.198. The van der Waals surface area contributed by atoms with Gasteiger partial charge in [0.25, 0.3) is 0 Å². The predicted octanol–water partition coefficient (Wildman–Crippen LogP) is 5.40. The Morgan fingerprint density at radius 2 is 2.03 bits per heavy atom. The van der Waals surface area contributed by atoms with Gasteiger partial charge in [0.05, 0.1) is 12.2 Å². The van der Waals surface area contributed by atoms with Gasteiger partial charge >= 0.3 is 5.97 Å². The van der Waals surface area contributed by atoms with Crippen LogP contribution in [0.5, 0.6) is 0 Å². The predicted molar refractivity (Wildman–Crippen MR) is 129 cm³/mol. The molecular weight excluding hydrogens is 424 g/mol. The molecule has 32 heavy (non-hydrogen) atoms. The molecule has 1 saturated heterocycles. The molecule has 0 amide bonds. The number of carboxylic acid groups (broad SMARTS) is 1. The number of ether oxygens (including phenoxy) is 3. The minimum absolute atomic E-state index is 0.0316. The zero-order valence-electron chi connectivity index (χ0n) is 20.6. The number of aliphatic carboxylic acids is 1. The molecule has 7 heteroatoms. The Bertz CT molecular complexity index is 614. The van der Waals surface area contributed by atoms with Crippen LogP contribution in [0, 0.1) is 17.8 Å². The molecule has 0 aromatic carbocycles. The van der Waals surface area contributed by atoms with Gasteiger partial charge in [0, 0.05) is 37.9 Å². The fraction of sp³-hybridized carbons (Fsp3) is 0.800. The summed E-state index contributed by atoms with van der Waals surface area (Å²) in [6.07, 6.45) is 8.30. The average molecular weight is 469 g/mol. The molecule has 0 aromatic heterocycles. The molecule has 2 unspecified atom stereocenters. The van der Waals surface area contributed by atoms with Crippen LogP contribution in [0.2, 0.25) is 19.1 Å². The highest BCUT2D eigenvalue weighted by Crippen LogP contribution is 2.40. The van der Waals surface area contributed by atoms with E-state index in [-0.39, 0.29) is 36.8 Å². The molecule has 1 N–H and O–H groups in total. The first-order chi connectivity index (χ1) is 15.2. The summed E-state index contributed by atoms with van der Waals surface area (Å²) >= 11 is 0. The maximum absolute atomic E-state index is 11.7. The van der Waals surface area contributed by atoms with Crippen molar-refractivity contribution in [3.63, 3.8) is 0 Å². The van der Waals surface area contributed by atoms with E-state index in [1.165, 1.54) is 0 Å². The van der Waals surface area contributed by atoms with E-state index in [2.05, 4.69) is 39.6 Å². The quantitative estimate of drug-likeness (QED) is 0.288. The largest absolute Gasteiger partial charge is 0.479 e. The fourth-order valence-electron chi connectivity index (χ4n) is 5.05. The third-order valence-corrected chi connectivity index (χ3v) is 9.05. The Balaban J connectivity index is 2.20. The van der Waals surface area contributed by atoms with Gasteiger partial charge < -0.3 is 23.7 Å². The van der Waals surface area contributed by atoms with Crippen molar-refractivity contribution in [3.8, 4) is 0 Å². The van der Waals surface area contributed by atoms with Crippen LogP contribution in [0.15, 0.2) is 24.8 Å². The lowest BCUT2D eigenvalue weighted by Gasteiger charge is -2.32. The van der Waals surface area contributed by atoms with Crippen molar-refractivity contribution in [1.29, 1.82) is 0 Å². The summed E-state index contributed by atoms with van der Waals surface area (Å²) in [5.41, 5.74) is 0. The van der Waals surface area contributed by atoms with Crippen molar-refractivity contribution >= 4 is 14.3 Å². The van der Waals surface area contributed by atoms with Gasteiger partial charge in [0.1, 0.15) is 0 Å². The molecule has 0 bridgehead atoms. The highest BCUT2D eigenvalue weighted by Gasteiger charge is 2.46. The van der Waals surface area contributed by atoms with Crippen LogP contribution in [-0.2, 0) is 23.4 Å². The van der Waals surface area contributed by atoms with Crippen LogP contribution in [0.1, 0.15) is 52.9 Å². The molecule has 0 aromatic rings. The molecule has 184 valence electrons. The number of hydrogen-bond donors (Lipinski definition) is 1. The van der Waals surface area contributed by atoms with Gasteiger partial charge in [-0.15, -0.1) is 6.58 Å². The summed E-state index contributed by atoms with van der Waals surface area (Å²) in [4.78, 5) is 11.7. The second kappa shape index (κ2) is 13.0. The topological polar surface area (TPSA) is 74.2 Å². The Hall–Kier alpha value is -0.993. The van der Waals surface area contributed by atoms with E-state index in [1.54, 1.807) is 6.08 Å². The fourth-order valence-corrected chi connectivity index (χ4v) is 7.78. The van der Waals surface area contributed by atoms with Crippen LogP contribution < -0.4 is 0 Å². The summed E-state index contributed by atoms with van der Waals surface area (Å²) in [6, 6.07) is 1.10. The number of carboxylic acids is 1. The molecule has 1 aliphatic heterocycles. The van der Waals surface area contributed by atoms with Gasteiger partial charge in [-0.2, -0.15) is 0 Å². The third kappa shape index (κ3) is 8.41. The van der Waals surface area contributed by atoms with Crippen LogP contribution >= 0.6 is 0 Å².